The molecule has 1 amide bonds. The molecule has 0 atom stereocenters. The van der Waals surface area contributed by atoms with Gasteiger partial charge in [0.05, 0.1) is 6.10 Å². The summed E-state index contributed by atoms with van der Waals surface area (Å²) < 4.78 is 0. The van der Waals surface area contributed by atoms with Crippen LogP contribution in [0.3, 0.4) is 0 Å². The summed E-state index contributed by atoms with van der Waals surface area (Å²) in [4.78, 5) is 16.3. The molecule has 0 unspecified atom stereocenters. The molecule has 0 radical (unpaired) electrons. The topological polar surface area (TPSA) is 74.2 Å². The number of aliphatic hydroxyl groups is 1. The molecular weight excluding hydrogens is 254 g/mol. The zero-order valence-electron chi connectivity index (χ0n) is 11.9. The van der Waals surface area contributed by atoms with Crippen LogP contribution in [0.2, 0.25) is 0 Å². The minimum atomic E-state index is -0.206. The quantitative estimate of drug-likeness (QED) is 0.769. The molecule has 1 aliphatic carbocycles. The summed E-state index contributed by atoms with van der Waals surface area (Å²) in [5, 5.41) is 15.7. The van der Waals surface area contributed by atoms with Crippen LogP contribution in [0.4, 0.5) is 5.69 Å². The van der Waals surface area contributed by atoms with Crippen LogP contribution in [0, 0.1) is 0 Å². The zero-order chi connectivity index (χ0) is 14.4. The fraction of sp³-hybridized carbons (Fsp3) is 0.600. The Morgan fingerprint density at radius 1 is 1.40 bits per heavy atom. The van der Waals surface area contributed by atoms with Crippen LogP contribution in [-0.2, 0) is 0 Å². The van der Waals surface area contributed by atoms with Crippen molar-refractivity contribution < 1.29 is 9.90 Å². The fourth-order valence-electron chi connectivity index (χ4n) is 2.41. The van der Waals surface area contributed by atoms with Crippen LogP contribution < -0.4 is 10.6 Å². The summed E-state index contributed by atoms with van der Waals surface area (Å²) in [7, 11) is 0. The van der Waals surface area contributed by atoms with E-state index >= 15 is 0 Å². The summed E-state index contributed by atoms with van der Waals surface area (Å²) >= 11 is 0. The van der Waals surface area contributed by atoms with Crippen molar-refractivity contribution in [1.29, 1.82) is 0 Å². The number of aromatic nitrogens is 1. The smallest absolute Gasteiger partial charge is 0.270 e. The van der Waals surface area contributed by atoms with Gasteiger partial charge in [0.25, 0.3) is 5.91 Å². The van der Waals surface area contributed by atoms with Gasteiger partial charge >= 0.3 is 0 Å². The van der Waals surface area contributed by atoms with Gasteiger partial charge in [0.2, 0.25) is 0 Å². The molecular formula is C15H23N3O2. The number of carbonyl (C=O) groups is 1. The molecule has 1 heterocycles. The van der Waals surface area contributed by atoms with Crippen LogP contribution >= 0.6 is 0 Å². The van der Waals surface area contributed by atoms with Crippen molar-refractivity contribution in [2.45, 2.75) is 51.2 Å². The number of nitrogens with zero attached hydrogens (tertiary/aromatic N) is 1. The van der Waals surface area contributed by atoms with Crippen molar-refractivity contribution in [3.63, 3.8) is 0 Å². The maximum atomic E-state index is 12.2. The fourth-order valence-corrected chi connectivity index (χ4v) is 2.41. The molecule has 5 nitrogen and oxygen atoms in total. The molecule has 0 aromatic carbocycles. The second-order valence-electron chi connectivity index (χ2n) is 5.34. The van der Waals surface area contributed by atoms with Crippen LogP contribution in [0.15, 0.2) is 18.3 Å². The predicted molar refractivity (Wildman–Crippen MR) is 78.7 cm³/mol. The molecule has 2 rings (SSSR count). The Morgan fingerprint density at radius 3 is 2.85 bits per heavy atom. The highest BCUT2D eigenvalue weighted by molar-refractivity contribution is 5.93. The van der Waals surface area contributed by atoms with Crippen molar-refractivity contribution in [3.8, 4) is 0 Å². The lowest BCUT2D eigenvalue weighted by atomic mass is 9.93. The van der Waals surface area contributed by atoms with Gasteiger partial charge in [0.15, 0.2) is 0 Å². The molecule has 1 aromatic rings. The average Bonchev–Trinajstić information content (AvgIpc) is 2.48. The van der Waals surface area contributed by atoms with E-state index in [2.05, 4.69) is 22.5 Å². The Morgan fingerprint density at radius 2 is 2.15 bits per heavy atom. The van der Waals surface area contributed by atoms with E-state index in [1.807, 2.05) is 6.07 Å². The first-order valence-corrected chi connectivity index (χ1v) is 7.38. The first-order chi connectivity index (χ1) is 9.69. The van der Waals surface area contributed by atoms with Crippen molar-refractivity contribution in [2.24, 2.45) is 0 Å². The molecule has 1 aromatic heterocycles. The molecule has 0 saturated heterocycles. The van der Waals surface area contributed by atoms with Crippen molar-refractivity contribution in [2.75, 3.05) is 11.9 Å². The monoisotopic (exact) mass is 277 g/mol. The minimum absolute atomic E-state index is 0.133. The third-order valence-electron chi connectivity index (χ3n) is 3.60. The lowest BCUT2D eigenvalue weighted by Gasteiger charge is -2.26. The van der Waals surface area contributed by atoms with E-state index in [1.54, 1.807) is 12.3 Å². The third kappa shape index (κ3) is 4.20. The molecule has 5 heteroatoms. The van der Waals surface area contributed by atoms with Gasteiger partial charge in [-0.2, -0.15) is 0 Å². The number of anilines is 1. The van der Waals surface area contributed by atoms with Crippen molar-refractivity contribution in [1.82, 2.24) is 10.3 Å². The Hall–Kier alpha value is -1.62. The number of pyridine rings is 1. The molecule has 0 spiro atoms. The Bertz CT molecular complexity index is 442. The summed E-state index contributed by atoms with van der Waals surface area (Å²) in [6.45, 7) is 2.98. The highest BCUT2D eigenvalue weighted by Gasteiger charge is 2.21. The molecule has 1 fully saturated rings. The molecule has 3 N–H and O–H groups in total. The Labute approximate surface area is 119 Å². The largest absolute Gasteiger partial charge is 0.393 e. The lowest BCUT2D eigenvalue weighted by molar-refractivity contribution is 0.0863. The molecule has 110 valence electrons. The van der Waals surface area contributed by atoms with E-state index in [4.69, 9.17) is 0 Å². The van der Waals surface area contributed by atoms with Gasteiger partial charge in [-0.1, -0.05) is 6.92 Å². The Kier molecular flexibility index (Phi) is 5.35. The van der Waals surface area contributed by atoms with E-state index in [9.17, 15) is 9.90 Å². The number of amides is 1. The van der Waals surface area contributed by atoms with Gasteiger partial charge in [0, 0.05) is 24.5 Å². The van der Waals surface area contributed by atoms with E-state index in [0.29, 0.717) is 5.69 Å². The maximum Gasteiger partial charge on any atom is 0.270 e. The standard InChI is InChI=1S/C15H23N3O2/c1-2-8-16-12-7-9-17-14(10-12)15(20)18-11-3-5-13(19)6-4-11/h7,9-11,13,19H,2-6,8H2,1H3,(H,16,17)(H,18,20). The number of nitrogens with one attached hydrogen (secondary N) is 2. The normalized spacial score (nSPS) is 22.3. The van der Waals surface area contributed by atoms with E-state index in [1.165, 1.54) is 0 Å². The summed E-state index contributed by atoms with van der Waals surface area (Å²) in [6, 6.07) is 3.80. The summed E-state index contributed by atoms with van der Waals surface area (Å²) in [5.74, 6) is -0.133. The van der Waals surface area contributed by atoms with Crippen molar-refractivity contribution >= 4 is 11.6 Å². The van der Waals surface area contributed by atoms with E-state index in [0.717, 1.165) is 44.3 Å². The number of hydrogen-bond acceptors (Lipinski definition) is 4. The number of rotatable bonds is 5. The molecule has 0 bridgehead atoms. The highest BCUT2D eigenvalue weighted by Crippen LogP contribution is 2.18. The van der Waals surface area contributed by atoms with Gasteiger partial charge in [-0.25, -0.2) is 0 Å². The second-order valence-corrected chi connectivity index (χ2v) is 5.34. The minimum Gasteiger partial charge on any atom is -0.393 e. The highest BCUT2D eigenvalue weighted by atomic mass is 16.3. The molecule has 1 aliphatic rings. The van der Waals surface area contributed by atoms with Crippen LogP contribution in [0.25, 0.3) is 0 Å². The zero-order valence-corrected chi connectivity index (χ0v) is 11.9. The van der Waals surface area contributed by atoms with Gasteiger partial charge in [-0.05, 0) is 44.2 Å². The van der Waals surface area contributed by atoms with E-state index < -0.39 is 0 Å². The van der Waals surface area contributed by atoms with Crippen LogP contribution in [0.1, 0.15) is 49.5 Å². The SMILES string of the molecule is CCCNc1ccnc(C(=O)NC2CCC(O)CC2)c1. The van der Waals surface area contributed by atoms with Gasteiger partial charge in [-0.15, -0.1) is 0 Å². The van der Waals surface area contributed by atoms with Gasteiger partial charge in [0.1, 0.15) is 5.69 Å². The van der Waals surface area contributed by atoms with Gasteiger partial charge in [-0.3, -0.25) is 9.78 Å². The number of aliphatic hydroxyl groups excluding tert-OH is 1. The summed E-state index contributed by atoms with van der Waals surface area (Å²) in [6.07, 6.45) is 5.67. The maximum absolute atomic E-state index is 12.2. The van der Waals surface area contributed by atoms with Gasteiger partial charge < -0.3 is 15.7 Å². The predicted octanol–water partition coefficient (Wildman–Crippen LogP) is 1.94. The lowest BCUT2D eigenvalue weighted by Crippen LogP contribution is -2.38. The molecule has 20 heavy (non-hydrogen) atoms. The van der Waals surface area contributed by atoms with Crippen LogP contribution in [-0.4, -0.2) is 34.7 Å². The van der Waals surface area contributed by atoms with Crippen molar-refractivity contribution in [3.05, 3.63) is 24.0 Å². The second kappa shape index (κ2) is 7.24. The van der Waals surface area contributed by atoms with E-state index in [-0.39, 0.29) is 18.1 Å². The first-order valence-electron chi connectivity index (χ1n) is 7.38. The first kappa shape index (κ1) is 14.8. The van der Waals surface area contributed by atoms with Crippen LogP contribution in [0.5, 0.6) is 0 Å². The molecule has 0 aliphatic heterocycles. The number of hydrogen-bond donors (Lipinski definition) is 3. The summed E-state index contributed by atoms with van der Waals surface area (Å²) in [5.41, 5.74) is 1.36. The number of carbonyl (C=O) groups excluding carboxylic acids is 1. The average molecular weight is 277 g/mol. The Balaban J connectivity index is 1.91. The third-order valence-corrected chi connectivity index (χ3v) is 3.60. The molecule has 1 saturated carbocycles.